The maximum absolute atomic E-state index is 14.5. The number of imide groups is 2. The molecule has 0 spiro atoms. The van der Waals surface area contributed by atoms with Crippen molar-refractivity contribution in [2.45, 2.75) is 253 Å². The molecule has 0 unspecified atom stereocenters. The molecule has 18 nitrogen and oxygen atoms in total. The average molecular weight is 1360 g/mol. The maximum atomic E-state index is 14.5. The van der Waals surface area contributed by atoms with E-state index in [4.69, 9.17) is 16.6 Å². The maximum Gasteiger partial charge on any atom is 0.305 e. The standard InChI is InChI=1S/C40H51N5O4.C38H49N3O6.3CH4/c1-37-15-5-17-39(3,32(37)13-9-24-7-11-26(19-29(24)37)44-34(47)31(41)20-27-22-42-23-43-27)35(48)45-36(49)40(4)18-6-16-38(2)30-21-28(46)12-8-25(30)10-14-33(38)40;1-35-15-5-17-37(3,29(35)13-9-22-7-11-24(19-26(22)35)40-32(45)28(39)21-31(43)44)33(46)41-34(47)38(4)18-6-16-36(2)27-20-25(42)12-8-23(27)10-14-30(36)38;;;/h7-8,11-12,19,21-23,31-33,46H,5-6,9-10,13-18,20,41H2,1-4H3,(H,42,43)(H,44,47)(H,45,48,49);7-8,11-12,19-20,28-30,42H,5-6,9-10,13-18,21,39H2,1-4H3,(H,40,45)(H,43,44)(H,41,46,47);3*1H4/t31-,32+,33+,37+,38+,39-,40-;28-,29+,30+,35+,36+,37-,38-;;;/m00.../s1. The number of H-pyrrole nitrogens is 1. The molecule has 13 rings (SSSR count). The Morgan fingerprint density at radius 1 is 0.475 bits per heavy atom. The molecule has 12 N–H and O–H groups in total. The number of hydrogen-bond acceptors (Lipinski definition) is 12. The Hall–Kier alpha value is -7.70. The third-order valence-electron chi connectivity index (χ3n) is 26.5. The van der Waals surface area contributed by atoms with E-state index in [2.05, 4.69) is 84.9 Å². The molecule has 8 aliphatic carbocycles. The number of aliphatic carboxylic acids is 1. The minimum atomic E-state index is -1.16. The van der Waals surface area contributed by atoms with Gasteiger partial charge in [-0.1, -0.05) is 128 Å². The zero-order valence-corrected chi connectivity index (χ0v) is 57.4. The van der Waals surface area contributed by atoms with E-state index in [-0.39, 0.29) is 109 Å². The van der Waals surface area contributed by atoms with Crippen LogP contribution in [-0.2, 0) is 87.3 Å². The lowest BCUT2D eigenvalue weighted by Gasteiger charge is -2.56. The number of nitrogens with zero attached hydrogens (tertiary/aromatic N) is 1. The fourth-order valence-corrected chi connectivity index (χ4v) is 21.3. The molecule has 99 heavy (non-hydrogen) atoms. The number of carboxylic acids is 1. The van der Waals surface area contributed by atoms with Crippen LogP contribution in [0.2, 0.25) is 0 Å². The summed E-state index contributed by atoms with van der Waals surface area (Å²) in [5.74, 6) is -2.00. The van der Waals surface area contributed by atoms with Crippen LogP contribution in [0.3, 0.4) is 0 Å². The highest BCUT2D eigenvalue weighted by molar-refractivity contribution is 6.02. The van der Waals surface area contributed by atoms with Crippen molar-refractivity contribution < 1.29 is 48.9 Å². The summed E-state index contributed by atoms with van der Waals surface area (Å²) in [6.07, 6.45) is 19.9. The molecule has 8 aliphatic rings. The van der Waals surface area contributed by atoms with Crippen molar-refractivity contribution >= 4 is 52.8 Å². The lowest BCUT2D eigenvalue weighted by Crippen LogP contribution is -2.60. The zero-order valence-electron chi connectivity index (χ0n) is 57.4. The van der Waals surface area contributed by atoms with Crippen LogP contribution in [-0.4, -0.2) is 78.8 Å². The number of nitrogens with two attached hydrogens (primary N) is 2. The van der Waals surface area contributed by atoms with Gasteiger partial charge in [-0.25, -0.2) is 4.98 Å². The normalized spacial score (nSPS) is 31.8. The van der Waals surface area contributed by atoms with Crippen molar-refractivity contribution in [1.29, 1.82) is 0 Å². The van der Waals surface area contributed by atoms with Gasteiger partial charge in [-0.2, -0.15) is 0 Å². The highest BCUT2D eigenvalue weighted by Crippen LogP contribution is 2.63. The van der Waals surface area contributed by atoms with Crippen LogP contribution in [0.25, 0.3) is 0 Å². The van der Waals surface area contributed by atoms with Crippen molar-refractivity contribution in [1.82, 2.24) is 20.6 Å². The van der Waals surface area contributed by atoms with Gasteiger partial charge < -0.3 is 42.4 Å². The number of aromatic nitrogens is 2. The first kappa shape index (κ1) is 75.5. The molecule has 0 saturated heterocycles. The molecule has 4 aromatic carbocycles. The number of aromatic amines is 1. The number of carbonyl (C=O) groups excluding carboxylic acids is 6. The van der Waals surface area contributed by atoms with Crippen LogP contribution in [0.5, 0.6) is 11.5 Å². The van der Waals surface area contributed by atoms with Crippen molar-refractivity contribution in [3.05, 3.63) is 136 Å². The van der Waals surface area contributed by atoms with Gasteiger partial charge in [-0.15, -0.1) is 0 Å². The number of phenolic OH excluding ortho intramolecular Hbond substituents is 2. The Morgan fingerprint density at radius 3 is 1.10 bits per heavy atom. The molecule has 4 saturated carbocycles. The van der Waals surface area contributed by atoms with Crippen molar-refractivity contribution in [2.75, 3.05) is 10.6 Å². The molecular weight excluding hydrogens is 1240 g/mol. The third-order valence-corrected chi connectivity index (χ3v) is 26.5. The van der Waals surface area contributed by atoms with Gasteiger partial charge >= 0.3 is 5.97 Å². The number of imidazole rings is 1. The minimum absolute atomic E-state index is 0. The predicted octanol–water partition coefficient (Wildman–Crippen LogP) is 13.4. The topological polar surface area (TPSA) is 309 Å². The summed E-state index contributed by atoms with van der Waals surface area (Å²) in [6.45, 7) is 17.1. The molecule has 4 fully saturated rings. The average Bonchev–Trinajstić information content (AvgIpc) is 0.838. The molecule has 0 radical (unpaired) electrons. The minimum Gasteiger partial charge on any atom is -0.508 e. The highest BCUT2D eigenvalue weighted by atomic mass is 16.4. The van der Waals surface area contributed by atoms with Crippen LogP contribution in [0.1, 0.15) is 237 Å². The smallest absolute Gasteiger partial charge is 0.305 e. The summed E-state index contributed by atoms with van der Waals surface area (Å²) in [5, 5.41) is 41.6. The van der Waals surface area contributed by atoms with E-state index in [1.807, 2.05) is 62.4 Å². The lowest BCUT2D eigenvalue weighted by atomic mass is 9.49. The number of amides is 6. The van der Waals surface area contributed by atoms with Gasteiger partial charge in [-0.05, 0) is 241 Å². The van der Waals surface area contributed by atoms with Crippen molar-refractivity contribution in [3.8, 4) is 11.5 Å². The first-order valence-corrected chi connectivity index (χ1v) is 35.3. The van der Waals surface area contributed by atoms with Gasteiger partial charge in [-0.3, -0.25) is 44.2 Å². The number of aromatic hydroxyl groups is 2. The van der Waals surface area contributed by atoms with E-state index in [0.717, 1.165) is 144 Å². The zero-order chi connectivity index (χ0) is 68.7. The molecule has 1 heterocycles. The van der Waals surface area contributed by atoms with Crippen LogP contribution in [0.4, 0.5) is 11.4 Å². The number of benzene rings is 4. The predicted molar refractivity (Wildman–Crippen MR) is 388 cm³/mol. The Labute approximate surface area is 586 Å². The second kappa shape index (κ2) is 28.0. The van der Waals surface area contributed by atoms with Crippen molar-refractivity contribution in [2.24, 2.45) is 56.8 Å². The van der Waals surface area contributed by atoms with Crippen LogP contribution >= 0.6 is 0 Å². The van der Waals surface area contributed by atoms with E-state index < -0.39 is 52.0 Å². The van der Waals surface area contributed by atoms with Crippen LogP contribution in [0.15, 0.2) is 85.3 Å². The van der Waals surface area contributed by atoms with Gasteiger partial charge in [0.25, 0.3) is 0 Å². The molecule has 0 bridgehead atoms. The molecular formula is C81H112N8O10. The lowest BCUT2D eigenvalue weighted by molar-refractivity contribution is -0.151. The molecule has 536 valence electrons. The van der Waals surface area contributed by atoms with Crippen LogP contribution < -0.4 is 32.7 Å². The molecule has 0 aliphatic heterocycles. The molecule has 14 atom stereocenters. The summed E-state index contributed by atoms with van der Waals surface area (Å²) in [4.78, 5) is 101. The second-order valence-corrected chi connectivity index (χ2v) is 32.2. The van der Waals surface area contributed by atoms with Gasteiger partial charge in [0.2, 0.25) is 35.4 Å². The Balaban J connectivity index is 0.000000225. The fourth-order valence-electron chi connectivity index (χ4n) is 21.3. The van der Waals surface area contributed by atoms with E-state index >= 15 is 0 Å². The number of aryl methyl sites for hydroxylation is 4. The summed E-state index contributed by atoms with van der Waals surface area (Å²) >= 11 is 0. The molecule has 18 heteroatoms. The Morgan fingerprint density at radius 2 is 0.788 bits per heavy atom. The summed E-state index contributed by atoms with van der Waals surface area (Å²) in [6, 6.07) is 21.4. The number of carboxylic acid groups (broad SMARTS) is 1. The molecule has 5 aromatic rings. The summed E-state index contributed by atoms with van der Waals surface area (Å²) in [5.41, 5.74) is 19.5. The summed E-state index contributed by atoms with van der Waals surface area (Å²) in [7, 11) is 0. The van der Waals surface area contributed by atoms with Gasteiger partial charge in [0, 0.05) is 29.7 Å². The van der Waals surface area contributed by atoms with Gasteiger partial charge in [0.1, 0.15) is 11.5 Å². The van der Waals surface area contributed by atoms with E-state index in [1.54, 1.807) is 24.7 Å². The Kier molecular flexibility index (Phi) is 21.4. The van der Waals surface area contributed by atoms with E-state index in [0.29, 0.717) is 24.2 Å². The Bertz CT molecular complexity index is 3930. The second-order valence-electron chi connectivity index (χ2n) is 32.2. The van der Waals surface area contributed by atoms with Gasteiger partial charge in [0.05, 0.1) is 46.5 Å². The monoisotopic (exact) mass is 1360 g/mol. The number of phenols is 2. The largest absolute Gasteiger partial charge is 0.508 e. The number of hydrogen-bond donors (Lipinski definition) is 10. The van der Waals surface area contributed by atoms with E-state index in [9.17, 15) is 43.8 Å². The number of anilines is 2. The SMILES string of the molecule is C.C.C.C[C@]1(C(=O)NC(=O)[C@@]2(C)CCC[C@]3(C)c4cc(NC(=O)[C@@H](N)CC(=O)O)ccc4CC[C@@H]23)CCC[C@]2(C)c3cc(O)ccc3CC[C@@H]12.C[C@]1(C(=O)NC(=O)[C@@]2(C)CCC[C@]3(C)c4cc(NC(=O)[C@@H](N)Cc5cnc[nH]5)ccc4CC[C@@H]23)CCC[C@]2(C)c3cc(O)ccc3CC[C@@H]12. The first-order valence-electron chi connectivity index (χ1n) is 35.3. The quantitative estimate of drug-likeness (QED) is 0.0520. The number of fused-ring (bicyclic) bond motifs is 12. The van der Waals surface area contributed by atoms with Gasteiger partial charge in [0.15, 0.2) is 0 Å². The first-order chi connectivity index (χ1) is 45.4. The number of rotatable bonds is 12. The van der Waals surface area contributed by atoms with Crippen molar-refractivity contribution in [3.63, 3.8) is 0 Å². The number of nitrogens with one attached hydrogen (secondary N) is 5. The van der Waals surface area contributed by atoms with Crippen LogP contribution in [0, 0.1) is 45.3 Å². The third kappa shape index (κ3) is 13.2. The van der Waals surface area contributed by atoms with E-state index in [1.165, 1.54) is 27.8 Å². The number of carbonyl (C=O) groups is 7. The molecule has 6 amide bonds. The highest BCUT2D eigenvalue weighted by Gasteiger charge is 2.61. The fraction of sp³-hybridized carbons (Fsp3) is 0.580. The summed E-state index contributed by atoms with van der Waals surface area (Å²) < 4.78 is 0. The molecule has 1 aromatic heterocycles.